The Morgan fingerprint density at radius 2 is 2.15 bits per heavy atom. The molecule has 3 rings (SSSR count). The Hall–Kier alpha value is -1.99. The number of hydrogen-bond donors (Lipinski definition) is 2. The summed E-state index contributed by atoms with van der Waals surface area (Å²) in [7, 11) is 1.97. The number of nitrogens with one attached hydrogen (secondary N) is 2. The molecule has 1 saturated heterocycles. The molecule has 2 aromatic rings. The number of likely N-dealkylation sites (tertiary alicyclic amines) is 1. The Morgan fingerprint density at radius 1 is 1.38 bits per heavy atom. The first kappa shape index (κ1) is 18.8. The quantitative estimate of drug-likeness (QED) is 0.832. The molecule has 1 unspecified atom stereocenters. The molecule has 140 valence electrons. The van der Waals surface area contributed by atoms with Crippen molar-refractivity contribution >= 4 is 23.2 Å². The van der Waals surface area contributed by atoms with E-state index in [1.54, 1.807) is 0 Å². The Labute approximate surface area is 154 Å². The summed E-state index contributed by atoms with van der Waals surface area (Å²) in [5.41, 5.74) is 0.309. The van der Waals surface area contributed by atoms with Crippen molar-refractivity contribution in [2.45, 2.75) is 25.1 Å². The van der Waals surface area contributed by atoms with Crippen LogP contribution >= 0.6 is 11.6 Å². The topological polar surface area (TPSA) is 38.5 Å². The summed E-state index contributed by atoms with van der Waals surface area (Å²) in [6, 6.07) is 7.63. The number of carbonyl (C=O) groups is 1. The van der Waals surface area contributed by atoms with E-state index in [1.165, 1.54) is 6.07 Å². The molecule has 1 fully saturated rings. The van der Waals surface area contributed by atoms with Crippen LogP contribution in [0.1, 0.15) is 30.1 Å². The van der Waals surface area contributed by atoms with Crippen LogP contribution in [-0.2, 0) is 18.0 Å². The van der Waals surface area contributed by atoms with Gasteiger partial charge in [-0.3, -0.25) is 4.79 Å². The van der Waals surface area contributed by atoms with Crippen molar-refractivity contribution in [3.63, 3.8) is 0 Å². The minimum atomic E-state index is -4.56. The lowest BCUT2D eigenvalue weighted by Crippen LogP contribution is -3.11. The van der Waals surface area contributed by atoms with Gasteiger partial charge in [0.05, 0.1) is 22.8 Å². The standard InChI is InChI=1S/C18H19ClF3N3O/c1-24-8-2-4-15(24)16-5-3-9-25(16)11-17(26)23-12-6-7-14(19)13(10-12)18(20,21)22/h2,4,6-8,10,16H,3,5,9,11H2,1H3,(H,23,26)/p+1/t16-/m0/s1. The first-order chi connectivity index (χ1) is 12.3. The van der Waals surface area contributed by atoms with Gasteiger partial charge in [0.1, 0.15) is 6.04 Å². The molecule has 0 bridgehead atoms. The van der Waals surface area contributed by atoms with Gasteiger partial charge in [-0.1, -0.05) is 11.6 Å². The van der Waals surface area contributed by atoms with E-state index in [-0.39, 0.29) is 29.2 Å². The maximum Gasteiger partial charge on any atom is 0.417 e. The molecule has 1 aromatic carbocycles. The van der Waals surface area contributed by atoms with Gasteiger partial charge in [-0.2, -0.15) is 13.2 Å². The largest absolute Gasteiger partial charge is 0.417 e. The zero-order valence-electron chi connectivity index (χ0n) is 14.2. The third-order valence-electron chi connectivity index (χ3n) is 4.77. The van der Waals surface area contributed by atoms with Gasteiger partial charge in [-0.05, 0) is 30.3 Å². The fraction of sp³-hybridized carbons (Fsp3) is 0.389. The molecule has 1 amide bonds. The van der Waals surface area contributed by atoms with Gasteiger partial charge in [0, 0.05) is 31.8 Å². The van der Waals surface area contributed by atoms with Crippen LogP contribution in [0.2, 0.25) is 5.02 Å². The van der Waals surface area contributed by atoms with Crippen molar-refractivity contribution in [3.05, 3.63) is 52.8 Å². The van der Waals surface area contributed by atoms with Crippen molar-refractivity contribution in [2.75, 3.05) is 18.4 Å². The number of alkyl halides is 3. The van der Waals surface area contributed by atoms with Gasteiger partial charge in [0.2, 0.25) is 0 Å². The number of aryl methyl sites for hydroxylation is 1. The van der Waals surface area contributed by atoms with E-state index in [9.17, 15) is 18.0 Å². The molecule has 26 heavy (non-hydrogen) atoms. The van der Waals surface area contributed by atoms with Crippen LogP contribution in [0.15, 0.2) is 36.5 Å². The maximum atomic E-state index is 12.9. The first-order valence-electron chi connectivity index (χ1n) is 8.38. The normalized spacial score (nSPS) is 20.3. The number of anilines is 1. The lowest BCUT2D eigenvalue weighted by molar-refractivity contribution is -0.910. The number of aromatic nitrogens is 1. The van der Waals surface area contributed by atoms with Crippen LogP contribution in [0.5, 0.6) is 0 Å². The molecule has 0 saturated carbocycles. The Balaban J connectivity index is 1.68. The summed E-state index contributed by atoms with van der Waals surface area (Å²) in [6.45, 7) is 1.07. The van der Waals surface area contributed by atoms with Crippen molar-refractivity contribution in [1.82, 2.24) is 4.57 Å². The molecule has 4 nitrogen and oxygen atoms in total. The highest BCUT2D eigenvalue weighted by Crippen LogP contribution is 2.36. The Bertz CT molecular complexity index is 803. The highest BCUT2D eigenvalue weighted by molar-refractivity contribution is 6.31. The van der Waals surface area contributed by atoms with E-state index in [0.29, 0.717) is 0 Å². The number of rotatable bonds is 4. The first-order valence-corrected chi connectivity index (χ1v) is 8.76. The van der Waals surface area contributed by atoms with E-state index in [2.05, 4.69) is 5.32 Å². The average Bonchev–Trinajstić information content (AvgIpc) is 3.16. The van der Waals surface area contributed by atoms with E-state index in [0.717, 1.165) is 42.1 Å². The van der Waals surface area contributed by atoms with Crippen LogP contribution in [0.4, 0.5) is 18.9 Å². The second-order valence-electron chi connectivity index (χ2n) is 6.56. The number of carbonyl (C=O) groups excluding carboxylic acids is 1. The smallest absolute Gasteiger partial charge is 0.350 e. The molecular formula is C18H20ClF3N3O+. The number of hydrogen-bond acceptors (Lipinski definition) is 1. The number of halogens is 4. The molecule has 0 radical (unpaired) electrons. The number of benzene rings is 1. The minimum Gasteiger partial charge on any atom is -0.350 e. The summed E-state index contributed by atoms with van der Waals surface area (Å²) in [4.78, 5) is 13.5. The van der Waals surface area contributed by atoms with Crippen LogP contribution in [0.25, 0.3) is 0 Å². The number of amides is 1. The van der Waals surface area contributed by atoms with Gasteiger partial charge in [0.15, 0.2) is 6.54 Å². The van der Waals surface area contributed by atoms with Crippen molar-refractivity contribution in [1.29, 1.82) is 0 Å². The molecule has 1 aliphatic heterocycles. The zero-order valence-corrected chi connectivity index (χ0v) is 15.0. The fourth-order valence-corrected chi connectivity index (χ4v) is 3.77. The van der Waals surface area contributed by atoms with Gasteiger partial charge in [-0.15, -0.1) is 0 Å². The summed E-state index contributed by atoms with van der Waals surface area (Å²) >= 11 is 5.61. The van der Waals surface area contributed by atoms with Crippen molar-refractivity contribution < 1.29 is 22.9 Å². The third kappa shape index (κ3) is 4.04. The lowest BCUT2D eigenvalue weighted by atomic mass is 10.1. The van der Waals surface area contributed by atoms with Crippen molar-refractivity contribution in [3.8, 4) is 0 Å². The van der Waals surface area contributed by atoms with Crippen LogP contribution in [0, 0.1) is 0 Å². The van der Waals surface area contributed by atoms with E-state index >= 15 is 0 Å². The summed E-state index contributed by atoms with van der Waals surface area (Å²) in [5, 5.41) is 2.18. The molecular weight excluding hydrogens is 367 g/mol. The molecule has 2 N–H and O–H groups in total. The highest BCUT2D eigenvalue weighted by Gasteiger charge is 2.35. The second kappa shape index (κ2) is 7.32. The predicted octanol–water partition coefficient (Wildman–Crippen LogP) is 3.06. The summed E-state index contributed by atoms with van der Waals surface area (Å²) in [6.07, 6.45) is -0.593. The Kier molecular flexibility index (Phi) is 5.29. The summed E-state index contributed by atoms with van der Waals surface area (Å²) < 4.78 is 40.9. The molecule has 8 heteroatoms. The van der Waals surface area contributed by atoms with Crippen LogP contribution in [-0.4, -0.2) is 23.6 Å². The molecule has 0 aliphatic carbocycles. The maximum absolute atomic E-state index is 12.9. The van der Waals surface area contributed by atoms with E-state index < -0.39 is 11.7 Å². The molecule has 1 aromatic heterocycles. The Morgan fingerprint density at radius 3 is 2.81 bits per heavy atom. The van der Waals surface area contributed by atoms with Gasteiger partial charge >= 0.3 is 6.18 Å². The van der Waals surface area contributed by atoms with Gasteiger partial charge in [0.25, 0.3) is 5.91 Å². The van der Waals surface area contributed by atoms with E-state index in [4.69, 9.17) is 11.6 Å². The molecule has 1 aliphatic rings. The fourth-order valence-electron chi connectivity index (χ4n) is 3.55. The predicted molar refractivity (Wildman–Crippen MR) is 93.2 cm³/mol. The van der Waals surface area contributed by atoms with Crippen molar-refractivity contribution in [2.24, 2.45) is 7.05 Å². The third-order valence-corrected chi connectivity index (χ3v) is 5.10. The van der Waals surface area contributed by atoms with Gasteiger partial charge in [-0.25, -0.2) is 0 Å². The van der Waals surface area contributed by atoms with Gasteiger partial charge < -0.3 is 14.8 Å². The highest BCUT2D eigenvalue weighted by atomic mass is 35.5. The minimum absolute atomic E-state index is 0.0979. The average molecular weight is 387 g/mol. The monoisotopic (exact) mass is 386 g/mol. The molecule has 2 heterocycles. The zero-order chi connectivity index (χ0) is 18.9. The SMILES string of the molecule is Cn1cccc1[C@@H]1CCC[NH+]1CC(=O)Nc1ccc(Cl)c(C(F)(F)F)c1. The van der Waals surface area contributed by atoms with Crippen LogP contribution < -0.4 is 10.2 Å². The van der Waals surface area contributed by atoms with Crippen LogP contribution in [0.3, 0.4) is 0 Å². The molecule has 0 spiro atoms. The number of quaternary nitrogens is 1. The molecule has 2 atom stereocenters. The summed E-state index contributed by atoms with van der Waals surface area (Å²) in [5.74, 6) is -0.309. The van der Waals surface area contributed by atoms with E-state index in [1.807, 2.05) is 29.9 Å². The lowest BCUT2D eigenvalue weighted by Gasteiger charge is -2.22. The number of nitrogens with zero attached hydrogens (tertiary/aromatic N) is 1. The second-order valence-corrected chi connectivity index (χ2v) is 6.97.